The Balaban J connectivity index is 1.77. The van der Waals surface area contributed by atoms with Gasteiger partial charge in [-0.1, -0.05) is 50.6 Å². The third-order valence-corrected chi connectivity index (χ3v) is 5.75. The first-order valence-corrected chi connectivity index (χ1v) is 8.10. The molecule has 1 aliphatic carbocycles. The van der Waals surface area contributed by atoms with Crippen molar-refractivity contribution in [2.24, 2.45) is 11.1 Å². The van der Waals surface area contributed by atoms with Crippen LogP contribution in [0.2, 0.25) is 0 Å². The number of rotatable bonds is 4. The van der Waals surface area contributed by atoms with E-state index in [-0.39, 0.29) is 11.0 Å². The van der Waals surface area contributed by atoms with Crippen LogP contribution in [0, 0.1) is 5.41 Å². The molecule has 1 aromatic carbocycles. The molecule has 1 atom stereocenters. The molecule has 0 spiro atoms. The van der Waals surface area contributed by atoms with Crippen LogP contribution in [0.3, 0.4) is 0 Å². The Morgan fingerprint density at radius 3 is 2.55 bits per heavy atom. The van der Waals surface area contributed by atoms with Crippen LogP contribution >= 0.6 is 0 Å². The molecule has 0 bridgehead atoms. The Morgan fingerprint density at radius 2 is 1.90 bits per heavy atom. The number of benzene rings is 1. The Labute approximate surface area is 123 Å². The van der Waals surface area contributed by atoms with Crippen LogP contribution < -0.4 is 5.73 Å². The zero-order valence-corrected chi connectivity index (χ0v) is 12.9. The maximum atomic E-state index is 6.58. The van der Waals surface area contributed by atoms with Crippen molar-refractivity contribution in [3.63, 3.8) is 0 Å². The average molecular weight is 272 g/mol. The highest BCUT2D eigenvalue weighted by Crippen LogP contribution is 2.52. The molecule has 1 saturated heterocycles. The number of likely N-dealkylation sites (tertiary alicyclic amines) is 1. The second-order valence-electron chi connectivity index (χ2n) is 7.35. The van der Waals surface area contributed by atoms with Crippen molar-refractivity contribution in [2.45, 2.75) is 64.1 Å². The van der Waals surface area contributed by atoms with Crippen LogP contribution in [-0.4, -0.2) is 23.0 Å². The second kappa shape index (κ2) is 5.16. The molecular weight excluding hydrogens is 244 g/mol. The summed E-state index contributed by atoms with van der Waals surface area (Å²) in [6, 6.07) is 11.5. The fourth-order valence-corrected chi connectivity index (χ4v) is 3.93. The predicted octanol–water partition coefficient (Wildman–Crippen LogP) is 3.56. The monoisotopic (exact) mass is 272 g/mol. The highest BCUT2D eigenvalue weighted by molar-refractivity contribution is 5.17. The van der Waals surface area contributed by atoms with Crippen molar-refractivity contribution in [1.29, 1.82) is 0 Å². The highest BCUT2D eigenvalue weighted by atomic mass is 15.2. The van der Waals surface area contributed by atoms with E-state index in [1.54, 1.807) is 0 Å². The number of nitrogens with zero attached hydrogens (tertiary/aromatic N) is 1. The zero-order valence-electron chi connectivity index (χ0n) is 12.9. The van der Waals surface area contributed by atoms with Crippen molar-refractivity contribution < 1.29 is 0 Å². The summed E-state index contributed by atoms with van der Waals surface area (Å²) in [6.07, 6.45) is 6.40. The normalized spacial score (nSPS) is 26.4. The van der Waals surface area contributed by atoms with Crippen molar-refractivity contribution >= 4 is 0 Å². The van der Waals surface area contributed by atoms with E-state index >= 15 is 0 Å². The molecule has 2 heteroatoms. The molecule has 2 fully saturated rings. The molecule has 1 aliphatic heterocycles. The minimum Gasteiger partial charge on any atom is -0.325 e. The molecule has 1 heterocycles. The van der Waals surface area contributed by atoms with Gasteiger partial charge >= 0.3 is 0 Å². The van der Waals surface area contributed by atoms with Gasteiger partial charge in [-0.15, -0.1) is 0 Å². The van der Waals surface area contributed by atoms with Gasteiger partial charge in [-0.25, -0.2) is 0 Å². The molecule has 1 unspecified atom stereocenters. The van der Waals surface area contributed by atoms with Crippen LogP contribution in [0.5, 0.6) is 0 Å². The van der Waals surface area contributed by atoms with E-state index < -0.39 is 0 Å². The van der Waals surface area contributed by atoms with E-state index in [9.17, 15) is 0 Å². The maximum absolute atomic E-state index is 6.58. The van der Waals surface area contributed by atoms with E-state index in [1.165, 1.54) is 44.2 Å². The summed E-state index contributed by atoms with van der Waals surface area (Å²) in [5, 5.41) is 0. The molecule has 0 aromatic heterocycles. The summed E-state index contributed by atoms with van der Waals surface area (Å²) in [6.45, 7) is 7.09. The van der Waals surface area contributed by atoms with E-state index in [2.05, 4.69) is 49.1 Å². The second-order valence-corrected chi connectivity index (χ2v) is 7.35. The molecule has 20 heavy (non-hydrogen) atoms. The molecule has 2 N–H and O–H groups in total. The molecule has 3 rings (SSSR count). The summed E-state index contributed by atoms with van der Waals surface area (Å²) in [7, 11) is 0. The minimum absolute atomic E-state index is 0.0872. The number of piperidine rings is 1. The Hall–Kier alpha value is -0.860. The van der Waals surface area contributed by atoms with Gasteiger partial charge in [-0.3, -0.25) is 4.90 Å². The van der Waals surface area contributed by atoms with Gasteiger partial charge in [-0.05, 0) is 43.2 Å². The largest absolute Gasteiger partial charge is 0.325 e. The molecule has 110 valence electrons. The van der Waals surface area contributed by atoms with Crippen LogP contribution in [0.4, 0.5) is 0 Å². The Kier molecular flexibility index (Phi) is 3.64. The van der Waals surface area contributed by atoms with Gasteiger partial charge in [0.05, 0.1) is 0 Å². The Bertz CT molecular complexity index is 448. The van der Waals surface area contributed by atoms with Gasteiger partial charge in [0, 0.05) is 18.1 Å². The van der Waals surface area contributed by atoms with Gasteiger partial charge in [0.2, 0.25) is 0 Å². The summed E-state index contributed by atoms with van der Waals surface area (Å²) >= 11 is 0. The van der Waals surface area contributed by atoms with Gasteiger partial charge in [0.1, 0.15) is 0 Å². The Morgan fingerprint density at radius 1 is 1.20 bits per heavy atom. The summed E-state index contributed by atoms with van der Waals surface area (Å²) in [5.74, 6) is 0. The van der Waals surface area contributed by atoms with Gasteiger partial charge in [0.15, 0.2) is 0 Å². The van der Waals surface area contributed by atoms with Gasteiger partial charge in [0.25, 0.3) is 0 Å². The van der Waals surface area contributed by atoms with Crippen LogP contribution in [-0.2, 0) is 6.54 Å². The fourth-order valence-electron chi connectivity index (χ4n) is 3.93. The predicted molar refractivity (Wildman–Crippen MR) is 84.4 cm³/mol. The van der Waals surface area contributed by atoms with Crippen LogP contribution in [0.25, 0.3) is 0 Å². The SMILES string of the molecule is CC(C)(C1CCCCN1Cc1ccccc1)C1(N)CC1. The van der Waals surface area contributed by atoms with Crippen LogP contribution in [0.1, 0.15) is 51.5 Å². The lowest BCUT2D eigenvalue weighted by molar-refractivity contribution is 0.0250. The lowest BCUT2D eigenvalue weighted by atomic mass is 9.71. The average Bonchev–Trinajstić information content (AvgIpc) is 3.20. The number of hydrogen-bond acceptors (Lipinski definition) is 2. The summed E-state index contributed by atoms with van der Waals surface area (Å²) in [4.78, 5) is 2.69. The first kappa shape index (κ1) is 14.1. The molecular formula is C18H28N2. The minimum atomic E-state index is 0.0872. The quantitative estimate of drug-likeness (QED) is 0.908. The van der Waals surface area contributed by atoms with Crippen molar-refractivity contribution in [1.82, 2.24) is 4.90 Å². The molecule has 2 aliphatic rings. The highest BCUT2D eigenvalue weighted by Gasteiger charge is 2.55. The first-order chi connectivity index (χ1) is 9.53. The molecule has 0 amide bonds. The topological polar surface area (TPSA) is 29.3 Å². The van der Waals surface area contributed by atoms with Crippen molar-refractivity contribution in [3.8, 4) is 0 Å². The van der Waals surface area contributed by atoms with Crippen molar-refractivity contribution in [3.05, 3.63) is 35.9 Å². The third-order valence-electron chi connectivity index (χ3n) is 5.75. The molecule has 0 radical (unpaired) electrons. The van der Waals surface area contributed by atoms with Crippen molar-refractivity contribution in [2.75, 3.05) is 6.54 Å². The fraction of sp³-hybridized carbons (Fsp3) is 0.667. The first-order valence-electron chi connectivity index (χ1n) is 8.10. The standard InChI is InChI=1S/C18H28N2/c1-17(2,18(19)11-12-18)16-10-6-7-13-20(16)14-15-8-4-3-5-9-15/h3-5,8-9,16H,6-7,10-14,19H2,1-2H3. The van der Waals surface area contributed by atoms with E-state index in [0.717, 1.165) is 6.54 Å². The van der Waals surface area contributed by atoms with E-state index in [1.807, 2.05) is 0 Å². The van der Waals surface area contributed by atoms with Gasteiger partial charge < -0.3 is 5.73 Å². The number of nitrogens with two attached hydrogens (primary N) is 1. The maximum Gasteiger partial charge on any atom is 0.0236 e. The molecule has 1 aromatic rings. The smallest absolute Gasteiger partial charge is 0.0236 e. The summed E-state index contributed by atoms with van der Waals surface area (Å²) in [5.41, 5.74) is 8.32. The summed E-state index contributed by atoms with van der Waals surface area (Å²) < 4.78 is 0. The number of hydrogen-bond donors (Lipinski definition) is 1. The van der Waals surface area contributed by atoms with Gasteiger partial charge in [-0.2, -0.15) is 0 Å². The lowest BCUT2D eigenvalue weighted by Gasteiger charge is -2.48. The van der Waals surface area contributed by atoms with E-state index in [4.69, 9.17) is 5.73 Å². The molecule has 2 nitrogen and oxygen atoms in total. The lowest BCUT2D eigenvalue weighted by Crippen LogP contribution is -2.56. The third kappa shape index (κ3) is 2.51. The van der Waals surface area contributed by atoms with Crippen LogP contribution in [0.15, 0.2) is 30.3 Å². The zero-order chi connectivity index (χ0) is 14.2. The van der Waals surface area contributed by atoms with E-state index in [0.29, 0.717) is 6.04 Å². The molecule has 1 saturated carbocycles.